The zero-order chi connectivity index (χ0) is 23.1. The first-order valence-electron chi connectivity index (χ1n) is 11.1. The van der Waals surface area contributed by atoms with Crippen LogP contribution in [0.5, 0.6) is 5.75 Å². The molecule has 3 aromatic rings. The number of amides is 1. The number of carbonyl (C=O) groups excluding carboxylic acids is 2. The van der Waals surface area contributed by atoms with Crippen LogP contribution in [0.2, 0.25) is 0 Å². The lowest BCUT2D eigenvalue weighted by Gasteiger charge is -2.25. The first-order valence-corrected chi connectivity index (χ1v) is 11.1. The molecule has 2 aliphatic rings. The van der Waals surface area contributed by atoms with Crippen molar-refractivity contribution < 1.29 is 19.4 Å². The van der Waals surface area contributed by atoms with Crippen molar-refractivity contribution in [1.82, 2.24) is 4.90 Å². The lowest BCUT2D eigenvalue weighted by molar-refractivity contribution is -0.140. The minimum Gasteiger partial charge on any atom is -0.507 e. The highest BCUT2D eigenvalue weighted by atomic mass is 16.5. The van der Waals surface area contributed by atoms with Gasteiger partial charge < -0.3 is 14.7 Å². The normalized spacial score (nSPS) is 21.2. The Morgan fingerprint density at radius 3 is 2.48 bits per heavy atom. The molecule has 1 fully saturated rings. The van der Waals surface area contributed by atoms with Gasteiger partial charge in [0.1, 0.15) is 17.6 Å². The molecule has 2 aliphatic heterocycles. The van der Waals surface area contributed by atoms with Gasteiger partial charge >= 0.3 is 0 Å². The Hall–Kier alpha value is -3.86. The molecule has 2 heterocycles. The molecule has 166 valence electrons. The first-order chi connectivity index (χ1) is 15.9. The van der Waals surface area contributed by atoms with E-state index in [1.165, 1.54) is 0 Å². The van der Waals surface area contributed by atoms with E-state index in [-0.39, 0.29) is 24.0 Å². The minimum absolute atomic E-state index is 0.0707. The van der Waals surface area contributed by atoms with Crippen molar-refractivity contribution in [2.45, 2.75) is 39.0 Å². The second-order valence-corrected chi connectivity index (χ2v) is 8.78. The van der Waals surface area contributed by atoms with Crippen LogP contribution in [0.1, 0.15) is 40.8 Å². The summed E-state index contributed by atoms with van der Waals surface area (Å²) in [4.78, 5) is 27.9. The van der Waals surface area contributed by atoms with Gasteiger partial charge in [-0.05, 0) is 48.7 Å². The zero-order valence-electron chi connectivity index (χ0n) is 18.6. The monoisotopic (exact) mass is 439 g/mol. The predicted octanol–water partition coefficient (Wildman–Crippen LogP) is 4.94. The van der Waals surface area contributed by atoms with E-state index in [1.54, 1.807) is 11.0 Å². The SMILES string of the molecule is Cc1ccc(C2C(=C(O)c3ccc4c(c3)CC(C)O4)C(=O)C(=O)N2Cc2ccccc2)cc1. The number of hydrogen-bond acceptors (Lipinski definition) is 4. The molecular formula is C28H25NO4. The van der Waals surface area contributed by atoms with Gasteiger partial charge in [-0.2, -0.15) is 0 Å². The molecule has 33 heavy (non-hydrogen) atoms. The average molecular weight is 440 g/mol. The summed E-state index contributed by atoms with van der Waals surface area (Å²) in [5.74, 6) is -0.640. The standard InChI is InChI=1S/C28H25NO4/c1-17-8-10-20(11-9-17)25-24(26(30)21-12-13-23-22(15-21)14-18(2)33-23)27(31)28(32)29(25)16-19-6-4-3-5-7-19/h3-13,15,18,25,30H,14,16H2,1-2H3. The van der Waals surface area contributed by atoms with Crippen LogP contribution < -0.4 is 4.74 Å². The number of benzene rings is 3. The third kappa shape index (κ3) is 3.80. The number of rotatable bonds is 4. The summed E-state index contributed by atoms with van der Waals surface area (Å²) in [7, 11) is 0. The van der Waals surface area contributed by atoms with E-state index in [4.69, 9.17) is 4.74 Å². The molecule has 0 radical (unpaired) electrons. The molecular weight excluding hydrogens is 414 g/mol. The Morgan fingerprint density at radius 1 is 1.03 bits per heavy atom. The predicted molar refractivity (Wildman–Crippen MR) is 126 cm³/mol. The summed E-state index contributed by atoms with van der Waals surface area (Å²) in [5, 5.41) is 11.3. The number of ketones is 1. The highest BCUT2D eigenvalue weighted by Gasteiger charge is 2.46. The van der Waals surface area contributed by atoms with Crippen molar-refractivity contribution >= 4 is 17.4 Å². The molecule has 0 saturated carbocycles. The van der Waals surface area contributed by atoms with Crippen LogP contribution in [0.25, 0.3) is 5.76 Å². The molecule has 0 aromatic heterocycles. The van der Waals surface area contributed by atoms with Crippen molar-refractivity contribution in [3.05, 3.63) is 106 Å². The summed E-state index contributed by atoms with van der Waals surface area (Å²) in [6, 6.07) is 22.0. The van der Waals surface area contributed by atoms with Gasteiger partial charge in [0.2, 0.25) is 0 Å². The molecule has 0 spiro atoms. The molecule has 2 unspecified atom stereocenters. The molecule has 1 amide bonds. The van der Waals surface area contributed by atoms with Crippen LogP contribution in [-0.2, 0) is 22.6 Å². The van der Waals surface area contributed by atoms with Gasteiger partial charge in [0.05, 0.1) is 11.6 Å². The van der Waals surface area contributed by atoms with Crippen LogP contribution in [0.3, 0.4) is 0 Å². The van der Waals surface area contributed by atoms with Crippen LogP contribution in [0, 0.1) is 6.92 Å². The lowest BCUT2D eigenvalue weighted by Crippen LogP contribution is -2.29. The van der Waals surface area contributed by atoms with E-state index >= 15 is 0 Å². The Kier molecular flexibility index (Phi) is 5.25. The fourth-order valence-electron chi connectivity index (χ4n) is 4.64. The summed E-state index contributed by atoms with van der Waals surface area (Å²) < 4.78 is 5.76. The Balaban J connectivity index is 1.62. The third-order valence-electron chi connectivity index (χ3n) is 6.30. The number of nitrogens with zero attached hydrogens (tertiary/aromatic N) is 1. The Labute approximate surface area is 192 Å². The van der Waals surface area contributed by atoms with Crippen molar-refractivity contribution in [1.29, 1.82) is 0 Å². The van der Waals surface area contributed by atoms with E-state index in [2.05, 4.69) is 0 Å². The van der Waals surface area contributed by atoms with Gasteiger partial charge in [-0.25, -0.2) is 0 Å². The van der Waals surface area contributed by atoms with E-state index in [0.717, 1.165) is 34.4 Å². The molecule has 3 aromatic carbocycles. The smallest absolute Gasteiger partial charge is 0.295 e. The van der Waals surface area contributed by atoms with Crippen molar-refractivity contribution in [3.8, 4) is 5.75 Å². The van der Waals surface area contributed by atoms with Gasteiger partial charge in [0, 0.05) is 18.5 Å². The lowest BCUT2D eigenvalue weighted by atomic mass is 9.94. The average Bonchev–Trinajstić information content (AvgIpc) is 3.31. The molecule has 5 heteroatoms. The molecule has 1 N–H and O–H groups in total. The third-order valence-corrected chi connectivity index (χ3v) is 6.30. The number of aliphatic hydroxyl groups is 1. The Morgan fingerprint density at radius 2 is 1.76 bits per heavy atom. The first kappa shape index (κ1) is 21.0. The molecule has 5 rings (SSSR count). The molecule has 1 saturated heterocycles. The number of fused-ring (bicyclic) bond motifs is 1. The van der Waals surface area contributed by atoms with Crippen LogP contribution in [-0.4, -0.2) is 27.8 Å². The Bertz CT molecular complexity index is 1260. The van der Waals surface area contributed by atoms with Gasteiger partial charge in [0.15, 0.2) is 0 Å². The number of carbonyl (C=O) groups is 2. The van der Waals surface area contributed by atoms with E-state index in [1.807, 2.05) is 80.6 Å². The maximum atomic E-state index is 13.2. The second-order valence-electron chi connectivity index (χ2n) is 8.78. The second kappa shape index (κ2) is 8.24. The summed E-state index contributed by atoms with van der Waals surface area (Å²) in [5.41, 5.74) is 4.40. The van der Waals surface area contributed by atoms with E-state index < -0.39 is 17.7 Å². The van der Waals surface area contributed by atoms with Gasteiger partial charge in [-0.3, -0.25) is 9.59 Å². The zero-order valence-corrected chi connectivity index (χ0v) is 18.6. The van der Waals surface area contributed by atoms with Crippen molar-refractivity contribution in [2.24, 2.45) is 0 Å². The van der Waals surface area contributed by atoms with Crippen molar-refractivity contribution in [2.75, 3.05) is 0 Å². The van der Waals surface area contributed by atoms with Gasteiger partial charge in [-0.15, -0.1) is 0 Å². The largest absolute Gasteiger partial charge is 0.507 e. The molecule has 2 atom stereocenters. The van der Waals surface area contributed by atoms with Gasteiger partial charge in [0.25, 0.3) is 11.7 Å². The topological polar surface area (TPSA) is 66.8 Å². The van der Waals surface area contributed by atoms with Gasteiger partial charge in [-0.1, -0.05) is 60.2 Å². The highest BCUT2D eigenvalue weighted by molar-refractivity contribution is 6.46. The van der Waals surface area contributed by atoms with Crippen molar-refractivity contribution in [3.63, 3.8) is 0 Å². The highest BCUT2D eigenvalue weighted by Crippen LogP contribution is 2.41. The van der Waals surface area contributed by atoms with Crippen LogP contribution >= 0.6 is 0 Å². The number of likely N-dealkylation sites (tertiary alicyclic amines) is 1. The fourth-order valence-corrected chi connectivity index (χ4v) is 4.64. The number of aryl methyl sites for hydroxylation is 1. The molecule has 0 aliphatic carbocycles. The fraction of sp³-hybridized carbons (Fsp3) is 0.214. The van der Waals surface area contributed by atoms with E-state index in [9.17, 15) is 14.7 Å². The summed E-state index contributed by atoms with van der Waals surface area (Å²) in [6.07, 6.45) is 0.807. The molecule has 5 nitrogen and oxygen atoms in total. The maximum absolute atomic E-state index is 13.2. The summed E-state index contributed by atoms with van der Waals surface area (Å²) >= 11 is 0. The van der Waals surface area contributed by atoms with Crippen LogP contribution in [0.15, 0.2) is 78.4 Å². The number of hydrogen-bond donors (Lipinski definition) is 1. The van der Waals surface area contributed by atoms with E-state index in [0.29, 0.717) is 5.56 Å². The maximum Gasteiger partial charge on any atom is 0.295 e. The van der Waals surface area contributed by atoms with Crippen LogP contribution in [0.4, 0.5) is 0 Å². The number of aliphatic hydroxyl groups excluding tert-OH is 1. The minimum atomic E-state index is -0.672. The molecule has 0 bridgehead atoms. The number of ether oxygens (including phenoxy) is 1. The quantitative estimate of drug-likeness (QED) is 0.355. The number of Topliss-reactive ketones (excluding diaryl/α,β-unsaturated/α-hetero) is 1. The summed E-state index contributed by atoms with van der Waals surface area (Å²) in [6.45, 7) is 4.25.